The van der Waals surface area contributed by atoms with E-state index in [2.05, 4.69) is 49.9 Å². The Bertz CT molecular complexity index is 974. The van der Waals surface area contributed by atoms with Gasteiger partial charge in [0.2, 0.25) is 5.91 Å². The van der Waals surface area contributed by atoms with Gasteiger partial charge in [0.05, 0.1) is 12.7 Å². The number of rotatable bonds is 4. The first kappa shape index (κ1) is 29.0. The minimum Gasteiger partial charge on any atom is -0.353 e. The summed E-state index contributed by atoms with van der Waals surface area (Å²) in [7, 11) is 2.19. The molecule has 3 heterocycles. The molecule has 4 aliphatic carbocycles. The molecule has 7 fully saturated rings. The van der Waals surface area contributed by atoms with Crippen molar-refractivity contribution in [2.75, 3.05) is 46.4 Å². The second kappa shape index (κ2) is 10.7. The maximum Gasteiger partial charge on any atom is 0.221 e. The molecule has 6 nitrogen and oxygen atoms in total. The highest BCUT2D eigenvalue weighted by Crippen LogP contribution is 2.71. The first-order valence-corrected chi connectivity index (χ1v) is 17.6. The quantitative estimate of drug-likeness (QED) is 0.481. The summed E-state index contributed by atoms with van der Waals surface area (Å²) in [5.74, 6) is 5.09. The highest BCUT2D eigenvalue weighted by molar-refractivity contribution is 5.76. The molecule has 41 heavy (non-hydrogen) atoms. The van der Waals surface area contributed by atoms with Crippen LogP contribution in [0.5, 0.6) is 0 Å². The van der Waals surface area contributed by atoms with Crippen molar-refractivity contribution in [1.82, 2.24) is 15.1 Å². The van der Waals surface area contributed by atoms with Crippen molar-refractivity contribution in [1.29, 1.82) is 0 Å². The van der Waals surface area contributed by atoms with Crippen molar-refractivity contribution in [2.24, 2.45) is 52.3 Å². The summed E-state index contributed by atoms with van der Waals surface area (Å²) >= 11 is 0. The standard InChI is InChI=1S/C35H59N3O3/c1-23-8-14-35(40-22-23)24(2)32-30(41-35)21-29-27-7-6-25-20-26(9-12-33(25,3)28(27)10-13-34(29,32)4)36-31(39)11-15-38-18-16-37(5)17-19-38/h23-30,32H,6-22H2,1-5H3,(H,36,39)/t23-,24+,25-,26?,27-,28+,29+,30+,32+,33+,34+,35-/m1/s1. The van der Waals surface area contributed by atoms with Gasteiger partial charge in [-0.25, -0.2) is 0 Å². The lowest BCUT2D eigenvalue weighted by Gasteiger charge is -2.61. The maximum atomic E-state index is 12.9. The highest BCUT2D eigenvalue weighted by atomic mass is 16.7. The molecule has 12 atom stereocenters. The van der Waals surface area contributed by atoms with Gasteiger partial charge in [-0.15, -0.1) is 0 Å². The molecule has 3 saturated heterocycles. The van der Waals surface area contributed by atoms with Crippen molar-refractivity contribution in [3.05, 3.63) is 0 Å². The van der Waals surface area contributed by atoms with E-state index in [0.717, 1.165) is 69.4 Å². The number of amides is 1. The molecular weight excluding hydrogens is 510 g/mol. The molecule has 1 amide bonds. The van der Waals surface area contributed by atoms with Crippen LogP contribution in [-0.2, 0) is 14.3 Å². The van der Waals surface area contributed by atoms with Crippen LogP contribution in [0.3, 0.4) is 0 Å². The smallest absolute Gasteiger partial charge is 0.221 e. The average molecular weight is 570 g/mol. The fourth-order valence-corrected chi connectivity index (χ4v) is 12.0. The van der Waals surface area contributed by atoms with Gasteiger partial charge in [-0.2, -0.15) is 0 Å². The van der Waals surface area contributed by atoms with E-state index in [-0.39, 0.29) is 11.7 Å². The van der Waals surface area contributed by atoms with Gasteiger partial charge in [0.1, 0.15) is 0 Å². The zero-order valence-electron chi connectivity index (χ0n) is 26.8. The molecule has 7 rings (SSSR count). The van der Waals surface area contributed by atoms with Crippen LogP contribution in [0.25, 0.3) is 0 Å². The lowest BCUT2D eigenvalue weighted by molar-refractivity contribution is -0.273. The zero-order valence-corrected chi connectivity index (χ0v) is 26.8. The fraction of sp³-hybridized carbons (Fsp3) is 0.971. The first-order chi connectivity index (χ1) is 19.6. The summed E-state index contributed by atoms with van der Waals surface area (Å²) in [4.78, 5) is 17.8. The van der Waals surface area contributed by atoms with Gasteiger partial charge in [0.25, 0.3) is 0 Å². The number of hydrogen-bond donors (Lipinski definition) is 1. The Morgan fingerprint density at radius 1 is 0.902 bits per heavy atom. The number of nitrogens with zero attached hydrogens (tertiary/aromatic N) is 2. The summed E-state index contributed by atoms with van der Waals surface area (Å²) in [6.45, 7) is 16.3. The number of carbonyl (C=O) groups is 1. The van der Waals surface area contributed by atoms with Crippen molar-refractivity contribution < 1.29 is 14.3 Å². The van der Waals surface area contributed by atoms with Gasteiger partial charge >= 0.3 is 0 Å². The summed E-state index contributed by atoms with van der Waals surface area (Å²) in [6, 6.07) is 0.382. The fourth-order valence-electron chi connectivity index (χ4n) is 12.0. The van der Waals surface area contributed by atoms with Gasteiger partial charge in [0.15, 0.2) is 5.79 Å². The number of carbonyl (C=O) groups excluding carboxylic acids is 1. The van der Waals surface area contributed by atoms with Gasteiger partial charge in [-0.05, 0) is 111 Å². The van der Waals surface area contributed by atoms with Crippen molar-refractivity contribution >= 4 is 5.91 Å². The Morgan fingerprint density at radius 3 is 2.44 bits per heavy atom. The Labute approximate surface area is 250 Å². The van der Waals surface area contributed by atoms with Crippen LogP contribution >= 0.6 is 0 Å². The summed E-state index contributed by atoms with van der Waals surface area (Å²) < 4.78 is 13.5. The Kier molecular flexibility index (Phi) is 7.60. The number of hydrogen-bond acceptors (Lipinski definition) is 5. The van der Waals surface area contributed by atoms with Crippen molar-refractivity contribution in [3.63, 3.8) is 0 Å². The highest BCUT2D eigenvalue weighted by Gasteiger charge is 2.69. The van der Waals surface area contributed by atoms with Crippen LogP contribution in [0.4, 0.5) is 0 Å². The number of ether oxygens (including phenoxy) is 2. The summed E-state index contributed by atoms with van der Waals surface area (Å²) in [6.07, 6.45) is 13.8. The van der Waals surface area contributed by atoms with E-state index in [1.807, 2.05) is 0 Å². The average Bonchev–Trinajstić information content (AvgIpc) is 3.40. The number of nitrogens with one attached hydrogen (secondary N) is 1. The first-order valence-electron chi connectivity index (χ1n) is 17.6. The SMILES string of the molecule is C[C@@H]1CC[C@@]2(OC1)O[C@H]1C[C@H]3[C@@H]4CC[C@@H]5CC(NC(=O)CCN6CCN(C)CC6)CC[C@]5(C)[C@H]4CC[C@]3(C)[C@H]1[C@@H]2C. The van der Waals surface area contributed by atoms with Crippen LogP contribution in [0, 0.1) is 52.3 Å². The Morgan fingerprint density at radius 2 is 1.68 bits per heavy atom. The maximum absolute atomic E-state index is 12.9. The Balaban J connectivity index is 0.964. The summed E-state index contributed by atoms with van der Waals surface area (Å²) in [5, 5.41) is 3.49. The molecule has 0 radical (unpaired) electrons. The molecular formula is C35H59N3O3. The van der Waals surface area contributed by atoms with E-state index in [9.17, 15) is 4.79 Å². The molecule has 7 aliphatic rings. The number of fused-ring (bicyclic) bond motifs is 7. The molecule has 1 spiro atoms. The van der Waals surface area contributed by atoms with Crippen LogP contribution in [0.15, 0.2) is 0 Å². The molecule has 6 heteroatoms. The molecule has 232 valence electrons. The van der Waals surface area contributed by atoms with Crippen LogP contribution in [0.1, 0.15) is 98.3 Å². The van der Waals surface area contributed by atoms with Crippen LogP contribution < -0.4 is 5.32 Å². The summed E-state index contributed by atoms with van der Waals surface area (Å²) in [5.41, 5.74) is 0.846. The third-order valence-electron chi connectivity index (χ3n) is 14.5. The van der Waals surface area contributed by atoms with Gasteiger partial charge in [-0.1, -0.05) is 27.7 Å². The third-order valence-corrected chi connectivity index (χ3v) is 14.5. The van der Waals surface area contributed by atoms with Gasteiger partial charge < -0.3 is 24.6 Å². The molecule has 0 aromatic rings. The molecule has 3 aliphatic heterocycles. The van der Waals surface area contributed by atoms with Gasteiger partial charge in [0, 0.05) is 57.5 Å². The molecule has 0 aromatic carbocycles. The predicted molar refractivity (Wildman–Crippen MR) is 162 cm³/mol. The molecule has 0 bridgehead atoms. The normalized spacial score (nSPS) is 52.0. The number of likely N-dealkylation sites (N-methyl/N-ethyl adjacent to an activating group) is 1. The van der Waals surface area contributed by atoms with E-state index < -0.39 is 0 Å². The Hall–Kier alpha value is -0.690. The monoisotopic (exact) mass is 569 g/mol. The third kappa shape index (κ3) is 4.84. The second-order valence-corrected chi connectivity index (χ2v) is 16.6. The minimum absolute atomic E-state index is 0.278. The lowest BCUT2D eigenvalue weighted by atomic mass is 9.44. The second-order valence-electron chi connectivity index (χ2n) is 16.6. The van der Waals surface area contributed by atoms with E-state index in [1.54, 1.807) is 0 Å². The molecule has 1 N–H and O–H groups in total. The minimum atomic E-state index is -0.302. The lowest BCUT2D eigenvalue weighted by Crippen LogP contribution is -2.56. The zero-order chi connectivity index (χ0) is 28.6. The van der Waals surface area contributed by atoms with Crippen LogP contribution in [-0.4, -0.2) is 80.0 Å². The van der Waals surface area contributed by atoms with E-state index in [0.29, 0.717) is 47.2 Å². The van der Waals surface area contributed by atoms with E-state index in [4.69, 9.17) is 9.47 Å². The van der Waals surface area contributed by atoms with Crippen molar-refractivity contribution in [3.8, 4) is 0 Å². The topological polar surface area (TPSA) is 54.0 Å². The number of piperazine rings is 1. The predicted octanol–water partition coefficient (Wildman–Crippen LogP) is 5.56. The molecule has 4 saturated carbocycles. The largest absolute Gasteiger partial charge is 0.353 e. The molecule has 0 aromatic heterocycles. The van der Waals surface area contributed by atoms with E-state index >= 15 is 0 Å². The van der Waals surface area contributed by atoms with Crippen molar-refractivity contribution in [2.45, 2.75) is 116 Å². The van der Waals surface area contributed by atoms with E-state index in [1.165, 1.54) is 57.8 Å². The van der Waals surface area contributed by atoms with Crippen LogP contribution in [0.2, 0.25) is 0 Å². The molecule has 1 unspecified atom stereocenters. The van der Waals surface area contributed by atoms with Gasteiger partial charge in [-0.3, -0.25) is 4.79 Å².